The Bertz CT molecular complexity index is 409. The topological polar surface area (TPSA) is 21.3 Å². The Hall–Kier alpha value is -1.10. The van der Waals surface area contributed by atoms with Gasteiger partial charge in [-0.05, 0) is 38.0 Å². The number of ether oxygens (including phenoxy) is 1. The third kappa shape index (κ3) is 6.05. The fourth-order valence-corrected chi connectivity index (χ4v) is 1.91. The first-order chi connectivity index (χ1) is 8.81. The Labute approximate surface area is 115 Å². The molecule has 1 rings (SSSR count). The van der Waals surface area contributed by atoms with E-state index in [2.05, 4.69) is 5.32 Å². The van der Waals surface area contributed by atoms with Crippen molar-refractivity contribution in [2.45, 2.75) is 38.4 Å². The van der Waals surface area contributed by atoms with Gasteiger partial charge in [-0.15, -0.1) is 0 Å². The van der Waals surface area contributed by atoms with Gasteiger partial charge in [-0.2, -0.15) is 13.2 Å². The number of benzene rings is 1. The molecule has 1 N–H and O–H groups in total. The molecule has 6 heteroatoms. The van der Waals surface area contributed by atoms with Gasteiger partial charge in [0.25, 0.3) is 0 Å². The normalized spacial score (nSPS) is 13.2. The zero-order valence-corrected chi connectivity index (χ0v) is 11.6. The summed E-state index contributed by atoms with van der Waals surface area (Å²) in [6.07, 6.45) is -4.32. The molecule has 0 spiro atoms. The molecule has 0 saturated carbocycles. The lowest BCUT2D eigenvalue weighted by Crippen LogP contribution is -2.17. The number of anilines is 1. The summed E-state index contributed by atoms with van der Waals surface area (Å²) < 4.78 is 41.3. The molecule has 1 aromatic rings. The number of nitrogens with one attached hydrogen (secondary N) is 1. The van der Waals surface area contributed by atoms with Crippen molar-refractivity contribution in [1.29, 1.82) is 0 Å². The molecule has 0 aliphatic rings. The van der Waals surface area contributed by atoms with E-state index in [0.29, 0.717) is 22.9 Å². The van der Waals surface area contributed by atoms with Crippen molar-refractivity contribution in [3.05, 3.63) is 23.2 Å². The SMILES string of the molecule is COc1ccc(Cl)cc1NC(C)CCCC(F)(F)F. The molecule has 0 fully saturated rings. The van der Waals surface area contributed by atoms with Crippen molar-refractivity contribution in [3.63, 3.8) is 0 Å². The first kappa shape index (κ1) is 16.0. The van der Waals surface area contributed by atoms with E-state index in [9.17, 15) is 13.2 Å². The van der Waals surface area contributed by atoms with Crippen LogP contribution in [-0.2, 0) is 0 Å². The highest BCUT2D eigenvalue weighted by molar-refractivity contribution is 6.30. The van der Waals surface area contributed by atoms with Crippen LogP contribution in [0.25, 0.3) is 0 Å². The number of alkyl halides is 3. The summed E-state index contributed by atoms with van der Waals surface area (Å²) in [5.74, 6) is 0.618. The van der Waals surface area contributed by atoms with Crippen LogP contribution in [0.2, 0.25) is 5.02 Å². The maximum Gasteiger partial charge on any atom is 0.389 e. The maximum absolute atomic E-state index is 12.0. The second kappa shape index (κ2) is 6.89. The van der Waals surface area contributed by atoms with Crippen LogP contribution in [0.3, 0.4) is 0 Å². The molecule has 0 aromatic heterocycles. The number of rotatable bonds is 6. The minimum absolute atomic E-state index is 0.0882. The van der Waals surface area contributed by atoms with E-state index in [1.165, 1.54) is 7.11 Å². The standard InChI is InChI=1S/C13H17ClF3NO/c1-9(4-3-7-13(15,16)17)18-11-8-10(14)5-6-12(11)19-2/h5-6,8-9,18H,3-4,7H2,1-2H3. The minimum Gasteiger partial charge on any atom is -0.495 e. The van der Waals surface area contributed by atoms with Crippen LogP contribution in [0.15, 0.2) is 18.2 Å². The quantitative estimate of drug-likeness (QED) is 0.807. The van der Waals surface area contributed by atoms with Gasteiger partial charge >= 0.3 is 6.18 Å². The third-order valence-electron chi connectivity index (χ3n) is 2.66. The number of methoxy groups -OCH3 is 1. The van der Waals surface area contributed by atoms with Gasteiger partial charge in [-0.3, -0.25) is 0 Å². The van der Waals surface area contributed by atoms with Crippen molar-refractivity contribution in [2.24, 2.45) is 0 Å². The molecule has 1 atom stereocenters. The van der Waals surface area contributed by atoms with E-state index in [-0.39, 0.29) is 12.5 Å². The first-order valence-electron chi connectivity index (χ1n) is 5.98. The van der Waals surface area contributed by atoms with Crippen LogP contribution in [0.5, 0.6) is 5.75 Å². The van der Waals surface area contributed by atoms with Crippen LogP contribution < -0.4 is 10.1 Å². The van der Waals surface area contributed by atoms with Gasteiger partial charge in [0.05, 0.1) is 12.8 Å². The second-order valence-corrected chi connectivity index (χ2v) is 4.83. The third-order valence-corrected chi connectivity index (χ3v) is 2.90. The van der Waals surface area contributed by atoms with E-state index in [1.807, 2.05) is 6.92 Å². The lowest BCUT2D eigenvalue weighted by molar-refractivity contribution is -0.135. The molecule has 0 aliphatic heterocycles. The van der Waals surface area contributed by atoms with Crippen LogP contribution >= 0.6 is 11.6 Å². The summed E-state index contributed by atoms with van der Waals surface area (Å²) in [5.41, 5.74) is 0.689. The van der Waals surface area contributed by atoms with E-state index >= 15 is 0 Å². The average Bonchev–Trinajstić information content (AvgIpc) is 2.27. The molecule has 19 heavy (non-hydrogen) atoms. The second-order valence-electron chi connectivity index (χ2n) is 4.40. The highest BCUT2D eigenvalue weighted by Crippen LogP contribution is 2.29. The van der Waals surface area contributed by atoms with Crippen LogP contribution in [0.1, 0.15) is 26.2 Å². The summed E-state index contributed by atoms with van der Waals surface area (Å²) in [6, 6.07) is 5.02. The molecule has 0 bridgehead atoms. The molecular formula is C13H17ClF3NO. The maximum atomic E-state index is 12.0. The monoisotopic (exact) mass is 295 g/mol. The van der Waals surface area contributed by atoms with Crippen LogP contribution in [0, 0.1) is 0 Å². The number of hydrogen-bond donors (Lipinski definition) is 1. The molecule has 108 valence electrons. The van der Waals surface area contributed by atoms with Gasteiger partial charge in [0.1, 0.15) is 5.75 Å². The highest BCUT2D eigenvalue weighted by Gasteiger charge is 2.26. The molecule has 1 unspecified atom stereocenters. The van der Waals surface area contributed by atoms with Crippen molar-refractivity contribution < 1.29 is 17.9 Å². The minimum atomic E-state index is -4.09. The Morgan fingerprint density at radius 3 is 2.63 bits per heavy atom. The molecule has 0 radical (unpaired) electrons. The van der Waals surface area contributed by atoms with Crippen LogP contribution in [0.4, 0.5) is 18.9 Å². The molecule has 0 amide bonds. The van der Waals surface area contributed by atoms with Crippen molar-refractivity contribution in [1.82, 2.24) is 0 Å². The Morgan fingerprint density at radius 2 is 2.05 bits per heavy atom. The van der Waals surface area contributed by atoms with E-state index in [1.54, 1.807) is 18.2 Å². The Kier molecular flexibility index (Phi) is 5.79. The molecule has 0 heterocycles. The molecule has 2 nitrogen and oxygen atoms in total. The largest absolute Gasteiger partial charge is 0.495 e. The van der Waals surface area contributed by atoms with Crippen LogP contribution in [-0.4, -0.2) is 19.3 Å². The van der Waals surface area contributed by atoms with E-state index in [0.717, 1.165) is 0 Å². The van der Waals surface area contributed by atoms with Crippen molar-refractivity contribution in [3.8, 4) is 5.75 Å². The van der Waals surface area contributed by atoms with Gasteiger partial charge in [0, 0.05) is 17.5 Å². The molecule has 0 saturated heterocycles. The predicted molar refractivity (Wildman–Crippen MR) is 71.0 cm³/mol. The van der Waals surface area contributed by atoms with Gasteiger partial charge in [0.2, 0.25) is 0 Å². The lowest BCUT2D eigenvalue weighted by atomic mass is 10.1. The van der Waals surface area contributed by atoms with E-state index in [4.69, 9.17) is 16.3 Å². The van der Waals surface area contributed by atoms with Gasteiger partial charge in [0.15, 0.2) is 0 Å². The first-order valence-corrected chi connectivity index (χ1v) is 6.36. The summed E-state index contributed by atoms with van der Waals surface area (Å²) in [5, 5.41) is 3.66. The molecule has 0 aliphatic carbocycles. The molecule has 1 aromatic carbocycles. The highest BCUT2D eigenvalue weighted by atomic mass is 35.5. The van der Waals surface area contributed by atoms with Crippen molar-refractivity contribution >= 4 is 17.3 Å². The average molecular weight is 296 g/mol. The summed E-state index contributed by atoms with van der Waals surface area (Å²) in [4.78, 5) is 0. The fraction of sp³-hybridized carbons (Fsp3) is 0.538. The summed E-state index contributed by atoms with van der Waals surface area (Å²) in [7, 11) is 1.53. The Balaban J connectivity index is 2.52. The Morgan fingerprint density at radius 1 is 1.37 bits per heavy atom. The van der Waals surface area contributed by atoms with Gasteiger partial charge < -0.3 is 10.1 Å². The van der Waals surface area contributed by atoms with Gasteiger partial charge in [-0.25, -0.2) is 0 Å². The lowest BCUT2D eigenvalue weighted by Gasteiger charge is -2.18. The van der Waals surface area contributed by atoms with E-state index < -0.39 is 12.6 Å². The smallest absolute Gasteiger partial charge is 0.389 e. The fourth-order valence-electron chi connectivity index (χ4n) is 1.74. The summed E-state index contributed by atoms with van der Waals surface area (Å²) >= 11 is 5.88. The number of halogens is 4. The summed E-state index contributed by atoms with van der Waals surface area (Å²) in [6.45, 7) is 1.83. The number of hydrogen-bond acceptors (Lipinski definition) is 2. The predicted octanol–water partition coefficient (Wildman–Crippen LogP) is 4.88. The van der Waals surface area contributed by atoms with Gasteiger partial charge in [-0.1, -0.05) is 11.6 Å². The zero-order valence-electron chi connectivity index (χ0n) is 10.9. The zero-order chi connectivity index (χ0) is 14.5. The van der Waals surface area contributed by atoms with Crippen molar-refractivity contribution in [2.75, 3.05) is 12.4 Å². The molecular weight excluding hydrogens is 279 g/mol.